The fourth-order valence-electron chi connectivity index (χ4n) is 5.13. The Balaban J connectivity index is 1.96. The predicted molar refractivity (Wildman–Crippen MR) is 111 cm³/mol. The van der Waals surface area contributed by atoms with Crippen LogP contribution in [0.3, 0.4) is 0 Å². The molecule has 0 bridgehead atoms. The number of rotatable bonds is 4. The average Bonchev–Trinajstić information content (AvgIpc) is 3.15. The normalized spacial score (nSPS) is 28.2. The molecule has 2 aliphatic rings. The number of carboxylic acid groups (broad SMARTS) is 2. The van der Waals surface area contributed by atoms with E-state index >= 15 is 0 Å². The summed E-state index contributed by atoms with van der Waals surface area (Å²) < 4.78 is 0. The van der Waals surface area contributed by atoms with Crippen molar-refractivity contribution in [1.82, 2.24) is 10.2 Å². The zero-order chi connectivity index (χ0) is 22.7. The van der Waals surface area contributed by atoms with Crippen LogP contribution in [0, 0.1) is 11.8 Å². The van der Waals surface area contributed by atoms with Crippen LogP contribution in [0.2, 0.25) is 0 Å². The predicted octanol–water partition coefficient (Wildman–Crippen LogP) is 2.18. The van der Waals surface area contributed by atoms with Gasteiger partial charge in [-0.05, 0) is 37.1 Å². The van der Waals surface area contributed by atoms with Crippen molar-refractivity contribution in [2.24, 2.45) is 11.8 Å². The molecule has 0 saturated carbocycles. The molecule has 2 aromatic carbocycles. The first-order valence-electron chi connectivity index (χ1n) is 10.1. The summed E-state index contributed by atoms with van der Waals surface area (Å²) in [6, 6.07) is 12.1. The molecule has 2 amide bonds. The van der Waals surface area contributed by atoms with Crippen LogP contribution in [0.1, 0.15) is 38.8 Å². The topological polar surface area (TPSA) is 124 Å². The van der Waals surface area contributed by atoms with Crippen LogP contribution in [-0.4, -0.2) is 49.9 Å². The second-order valence-electron chi connectivity index (χ2n) is 9.22. The number of amides is 2. The number of carbonyl (C=O) groups excluding carboxylic acids is 2. The minimum atomic E-state index is -2.09. The van der Waals surface area contributed by atoms with E-state index in [0.29, 0.717) is 5.56 Å². The molecule has 2 heterocycles. The summed E-state index contributed by atoms with van der Waals surface area (Å²) in [4.78, 5) is 52.1. The molecular formula is C23H24N2O6. The van der Waals surface area contributed by atoms with E-state index in [1.807, 2.05) is 30.3 Å². The molecule has 3 N–H and O–H groups in total. The lowest BCUT2D eigenvalue weighted by Gasteiger charge is -2.34. The van der Waals surface area contributed by atoms with E-state index in [4.69, 9.17) is 0 Å². The van der Waals surface area contributed by atoms with Crippen molar-refractivity contribution in [2.75, 3.05) is 0 Å². The summed E-state index contributed by atoms with van der Waals surface area (Å²) in [7, 11) is 0. The van der Waals surface area contributed by atoms with Crippen LogP contribution in [0.4, 0.5) is 0 Å². The van der Waals surface area contributed by atoms with Gasteiger partial charge in [-0.15, -0.1) is 0 Å². The summed E-state index contributed by atoms with van der Waals surface area (Å²) in [5.74, 6) is -6.29. The second kappa shape index (κ2) is 6.88. The number of aliphatic carboxylic acids is 2. The van der Waals surface area contributed by atoms with Gasteiger partial charge in [-0.1, -0.05) is 42.5 Å². The molecule has 2 fully saturated rings. The van der Waals surface area contributed by atoms with E-state index < -0.39 is 59.1 Å². The highest BCUT2D eigenvalue weighted by Gasteiger charge is 2.70. The van der Waals surface area contributed by atoms with Crippen molar-refractivity contribution >= 4 is 34.5 Å². The number of carboxylic acids is 2. The highest BCUT2D eigenvalue weighted by Crippen LogP contribution is 2.52. The van der Waals surface area contributed by atoms with E-state index in [9.17, 15) is 29.4 Å². The number of nitrogens with one attached hydrogen (secondary N) is 1. The molecule has 2 aromatic rings. The van der Waals surface area contributed by atoms with Crippen LogP contribution < -0.4 is 5.32 Å². The van der Waals surface area contributed by atoms with Crippen LogP contribution >= 0.6 is 0 Å². The third-order valence-corrected chi connectivity index (χ3v) is 6.30. The lowest BCUT2D eigenvalue weighted by Crippen LogP contribution is -2.58. The van der Waals surface area contributed by atoms with Crippen molar-refractivity contribution in [2.45, 2.75) is 44.3 Å². The van der Waals surface area contributed by atoms with E-state index in [1.54, 1.807) is 32.9 Å². The summed E-state index contributed by atoms with van der Waals surface area (Å²) in [5.41, 5.74) is -2.29. The molecule has 4 rings (SSSR count). The lowest BCUT2D eigenvalue weighted by atomic mass is 9.77. The Morgan fingerprint density at radius 3 is 2.29 bits per heavy atom. The van der Waals surface area contributed by atoms with Gasteiger partial charge in [0.05, 0.1) is 18.3 Å². The Morgan fingerprint density at radius 1 is 1.03 bits per heavy atom. The average molecular weight is 424 g/mol. The standard InChI is InChI=1S/C23H24N2O6/c1-22(2,3)25-19(28)16-17(20(25)29)23(21(30)31,11-15(26)27)24-18(16)14-10-6-8-12-7-4-5-9-13(12)14/h4-10,16-18,24H,11H2,1-3H3,(H,26,27)(H,30,31). The number of likely N-dealkylation sites (tertiary alicyclic amines) is 1. The Morgan fingerprint density at radius 2 is 1.68 bits per heavy atom. The van der Waals surface area contributed by atoms with Gasteiger partial charge in [0.2, 0.25) is 11.8 Å². The maximum Gasteiger partial charge on any atom is 0.325 e. The third-order valence-electron chi connectivity index (χ3n) is 6.30. The molecule has 4 atom stereocenters. The molecule has 0 aliphatic carbocycles. The Labute approximate surface area is 178 Å². The van der Waals surface area contributed by atoms with Crippen molar-refractivity contribution in [3.8, 4) is 0 Å². The van der Waals surface area contributed by atoms with Gasteiger partial charge < -0.3 is 10.2 Å². The molecule has 0 radical (unpaired) electrons. The first-order chi connectivity index (χ1) is 14.5. The lowest BCUT2D eigenvalue weighted by molar-refractivity contribution is -0.157. The largest absolute Gasteiger partial charge is 0.481 e. The van der Waals surface area contributed by atoms with Gasteiger partial charge in [0, 0.05) is 11.6 Å². The first-order valence-corrected chi connectivity index (χ1v) is 10.1. The number of hydrogen-bond acceptors (Lipinski definition) is 5. The third kappa shape index (κ3) is 3.01. The van der Waals surface area contributed by atoms with Crippen molar-refractivity contribution in [3.63, 3.8) is 0 Å². The van der Waals surface area contributed by atoms with Gasteiger partial charge in [-0.25, -0.2) is 0 Å². The van der Waals surface area contributed by atoms with Crippen LogP contribution in [0.15, 0.2) is 42.5 Å². The Kier molecular flexibility index (Phi) is 4.66. The zero-order valence-electron chi connectivity index (χ0n) is 17.5. The molecule has 2 aliphatic heterocycles. The zero-order valence-corrected chi connectivity index (χ0v) is 17.5. The molecule has 31 heavy (non-hydrogen) atoms. The second-order valence-corrected chi connectivity index (χ2v) is 9.22. The summed E-state index contributed by atoms with van der Waals surface area (Å²) in [5, 5.41) is 24.3. The van der Waals surface area contributed by atoms with Gasteiger partial charge in [-0.2, -0.15) is 0 Å². The first kappa shape index (κ1) is 21.0. The van der Waals surface area contributed by atoms with Gasteiger partial charge in [0.15, 0.2) is 0 Å². The number of fused-ring (bicyclic) bond motifs is 2. The van der Waals surface area contributed by atoms with Crippen LogP contribution in [0.5, 0.6) is 0 Å². The Bertz CT molecular complexity index is 1120. The van der Waals surface area contributed by atoms with Crippen LogP contribution in [0.25, 0.3) is 10.8 Å². The van der Waals surface area contributed by atoms with Crippen molar-refractivity contribution in [1.29, 1.82) is 0 Å². The maximum atomic E-state index is 13.5. The van der Waals surface area contributed by atoms with Gasteiger partial charge in [0.25, 0.3) is 0 Å². The summed E-state index contributed by atoms with van der Waals surface area (Å²) in [6.45, 7) is 5.09. The molecule has 8 heteroatoms. The molecule has 8 nitrogen and oxygen atoms in total. The number of benzene rings is 2. The monoisotopic (exact) mass is 424 g/mol. The molecule has 0 spiro atoms. The molecule has 2 saturated heterocycles. The highest BCUT2D eigenvalue weighted by atomic mass is 16.4. The molecular weight excluding hydrogens is 400 g/mol. The summed E-state index contributed by atoms with van der Waals surface area (Å²) in [6.07, 6.45) is -0.818. The van der Waals surface area contributed by atoms with Crippen LogP contribution in [-0.2, 0) is 19.2 Å². The number of hydrogen-bond donors (Lipinski definition) is 3. The van der Waals surface area contributed by atoms with Crippen molar-refractivity contribution < 1.29 is 29.4 Å². The van der Waals surface area contributed by atoms with Gasteiger partial charge in [0.1, 0.15) is 5.54 Å². The fraction of sp³-hybridized carbons (Fsp3) is 0.391. The smallest absolute Gasteiger partial charge is 0.325 e. The van der Waals surface area contributed by atoms with E-state index in [-0.39, 0.29) is 0 Å². The number of carbonyl (C=O) groups is 4. The fourth-order valence-corrected chi connectivity index (χ4v) is 5.13. The van der Waals surface area contributed by atoms with E-state index in [2.05, 4.69) is 5.32 Å². The Hall–Kier alpha value is -3.26. The van der Waals surface area contributed by atoms with E-state index in [0.717, 1.165) is 15.7 Å². The van der Waals surface area contributed by atoms with E-state index in [1.165, 1.54) is 0 Å². The molecule has 0 aromatic heterocycles. The van der Waals surface area contributed by atoms with Crippen molar-refractivity contribution in [3.05, 3.63) is 48.0 Å². The number of nitrogens with zero attached hydrogens (tertiary/aromatic N) is 1. The van der Waals surface area contributed by atoms with Gasteiger partial charge >= 0.3 is 11.9 Å². The van der Waals surface area contributed by atoms with Gasteiger partial charge in [-0.3, -0.25) is 29.4 Å². The molecule has 162 valence electrons. The minimum Gasteiger partial charge on any atom is -0.481 e. The summed E-state index contributed by atoms with van der Waals surface area (Å²) >= 11 is 0. The maximum absolute atomic E-state index is 13.5. The highest BCUT2D eigenvalue weighted by molar-refractivity contribution is 6.11. The SMILES string of the molecule is CC(C)(C)N1C(=O)C2C(c3cccc4ccccc34)NC(CC(=O)O)(C(=O)O)C2C1=O. The minimum absolute atomic E-state index is 0.485. The molecule has 4 unspecified atom stereocenters. The number of imide groups is 1. The quantitative estimate of drug-likeness (QED) is 0.643.